The SMILES string of the molecule is O=C(O)CCn1ccc(=O)c2ccc(C(F)(F)F)cc21. The first-order chi connectivity index (χ1) is 9.29. The van der Waals surface area contributed by atoms with E-state index in [0.29, 0.717) is 0 Å². The zero-order chi connectivity index (χ0) is 14.9. The fourth-order valence-corrected chi connectivity index (χ4v) is 1.89. The Kier molecular flexibility index (Phi) is 3.52. The molecule has 0 saturated heterocycles. The highest BCUT2D eigenvalue weighted by Gasteiger charge is 2.30. The Morgan fingerprint density at radius 3 is 2.55 bits per heavy atom. The second kappa shape index (κ2) is 4.99. The summed E-state index contributed by atoms with van der Waals surface area (Å²) in [6, 6.07) is 4.01. The quantitative estimate of drug-likeness (QED) is 0.942. The van der Waals surface area contributed by atoms with Crippen LogP contribution in [0.25, 0.3) is 10.9 Å². The van der Waals surface area contributed by atoms with Gasteiger partial charge in [-0.15, -0.1) is 0 Å². The number of alkyl halides is 3. The molecule has 1 heterocycles. The van der Waals surface area contributed by atoms with Crippen molar-refractivity contribution in [2.24, 2.45) is 0 Å². The lowest BCUT2D eigenvalue weighted by Crippen LogP contribution is -2.12. The van der Waals surface area contributed by atoms with Crippen molar-refractivity contribution < 1.29 is 23.1 Å². The highest BCUT2D eigenvalue weighted by Crippen LogP contribution is 2.30. The molecule has 0 spiro atoms. The molecule has 0 atom stereocenters. The first kappa shape index (κ1) is 14.1. The fraction of sp³-hybridized carbons (Fsp3) is 0.231. The molecular formula is C13H10F3NO3. The van der Waals surface area contributed by atoms with Gasteiger partial charge in [0.05, 0.1) is 17.5 Å². The summed E-state index contributed by atoms with van der Waals surface area (Å²) in [5.74, 6) is -1.07. The van der Waals surface area contributed by atoms with Gasteiger partial charge < -0.3 is 9.67 Å². The molecule has 2 rings (SSSR count). The normalized spacial score (nSPS) is 11.8. The monoisotopic (exact) mass is 285 g/mol. The number of halogens is 3. The Morgan fingerprint density at radius 2 is 1.95 bits per heavy atom. The molecule has 0 bridgehead atoms. The predicted octanol–water partition coefficient (Wildman–Crippen LogP) is 2.50. The zero-order valence-electron chi connectivity index (χ0n) is 10.1. The lowest BCUT2D eigenvalue weighted by molar-refractivity contribution is -0.138. The van der Waals surface area contributed by atoms with Crippen LogP contribution in [0.2, 0.25) is 0 Å². The average molecular weight is 285 g/mol. The molecular weight excluding hydrogens is 275 g/mol. The minimum Gasteiger partial charge on any atom is -0.481 e. The van der Waals surface area contributed by atoms with Crippen molar-refractivity contribution in [1.82, 2.24) is 4.57 Å². The number of aromatic nitrogens is 1. The van der Waals surface area contributed by atoms with Gasteiger partial charge in [0, 0.05) is 24.2 Å². The Bertz CT molecular complexity index is 719. The number of pyridine rings is 1. The summed E-state index contributed by atoms with van der Waals surface area (Å²) in [7, 11) is 0. The van der Waals surface area contributed by atoms with Crippen molar-refractivity contribution in [3.05, 3.63) is 46.2 Å². The van der Waals surface area contributed by atoms with E-state index >= 15 is 0 Å². The van der Waals surface area contributed by atoms with Crippen LogP contribution in [-0.4, -0.2) is 15.6 Å². The van der Waals surface area contributed by atoms with E-state index in [-0.39, 0.29) is 23.9 Å². The standard InChI is InChI=1S/C13H10F3NO3/c14-13(15,16)8-1-2-9-10(7-8)17(5-3-11(9)18)6-4-12(19)20/h1-3,5,7H,4,6H2,(H,19,20). The number of fused-ring (bicyclic) bond motifs is 1. The van der Waals surface area contributed by atoms with Crippen LogP contribution in [0.5, 0.6) is 0 Å². The summed E-state index contributed by atoms with van der Waals surface area (Å²) in [6.45, 7) is -0.00652. The number of carbonyl (C=O) groups is 1. The third-order valence-corrected chi connectivity index (χ3v) is 2.87. The highest BCUT2D eigenvalue weighted by molar-refractivity contribution is 5.80. The van der Waals surface area contributed by atoms with Crippen LogP contribution in [0.3, 0.4) is 0 Å². The van der Waals surface area contributed by atoms with Gasteiger partial charge in [-0.25, -0.2) is 0 Å². The summed E-state index contributed by atoms with van der Waals surface area (Å²) < 4.78 is 39.4. The number of rotatable bonds is 3. The topological polar surface area (TPSA) is 59.3 Å². The predicted molar refractivity (Wildman–Crippen MR) is 65.5 cm³/mol. The number of aryl methyl sites for hydroxylation is 1. The second-order valence-electron chi connectivity index (χ2n) is 4.25. The third-order valence-electron chi connectivity index (χ3n) is 2.87. The van der Waals surface area contributed by atoms with Crippen LogP contribution in [0.15, 0.2) is 35.3 Å². The number of carboxylic acid groups (broad SMARTS) is 1. The van der Waals surface area contributed by atoms with E-state index < -0.39 is 23.1 Å². The van der Waals surface area contributed by atoms with Crippen LogP contribution in [0.4, 0.5) is 13.2 Å². The minimum absolute atomic E-state index is 0.00652. The lowest BCUT2D eigenvalue weighted by Gasteiger charge is -2.12. The zero-order valence-corrected chi connectivity index (χ0v) is 10.1. The molecule has 1 N–H and O–H groups in total. The highest BCUT2D eigenvalue weighted by atomic mass is 19.4. The Balaban J connectivity index is 2.60. The van der Waals surface area contributed by atoms with Gasteiger partial charge in [-0.3, -0.25) is 9.59 Å². The van der Waals surface area contributed by atoms with Gasteiger partial charge in [0.15, 0.2) is 5.43 Å². The first-order valence-electron chi connectivity index (χ1n) is 5.71. The maximum Gasteiger partial charge on any atom is 0.416 e. The van der Waals surface area contributed by atoms with Gasteiger partial charge in [-0.2, -0.15) is 13.2 Å². The maximum atomic E-state index is 12.7. The van der Waals surface area contributed by atoms with Gasteiger partial charge in [0.25, 0.3) is 0 Å². The van der Waals surface area contributed by atoms with E-state index in [2.05, 4.69) is 0 Å². The van der Waals surface area contributed by atoms with E-state index in [1.807, 2.05) is 0 Å². The summed E-state index contributed by atoms with van der Waals surface area (Å²) in [5, 5.41) is 8.76. The van der Waals surface area contributed by atoms with E-state index in [4.69, 9.17) is 5.11 Å². The van der Waals surface area contributed by atoms with Crippen molar-refractivity contribution in [2.45, 2.75) is 19.1 Å². The summed E-state index contributed by atoms with van der Waals surface area (Å²) in [5.41, 5.74) is -1.20. The molecule has 4 nitrogen and oxygen atoms in total. The van der Waals surface area contributed by atoms with Crippen LogP contribution < -0.4 is 5.43 Å². The molecule has 0 aliphatic carbocycles. The second-order valence-corrected chi connectivity index (χ2v) is 4.25. The van der Waals surface area contributed by atoms with Gasteiger partial charge in [-0.1, -0.05) is 0 Å². The van der Waals surface area contributed by atoms with Crippen LogP contribution >= 0.6 is 0 Å². The van der Waals surface area contributed by atoms with Crippen molar-refractivity contribution in [1.29, 1.82) is 0 Å². The lowest BCUT2D eigenvalue weighted by atomic mass is 10.1. The smallest absolute Gasteiger partial charge is 0.416 e. The van der Waals surface area contributed by atoms with Crippen molar-refractivity contribution in [2.75, 3.05) is 0 Å². The number of hydrogen-bond acceptors (Lipinski definition) is 2. The summed E-state index contributed by atoms with van der Waals surface area (Å²) >= 11 is 0. The molecule has 0 saturated carbocycles. The molecule has 2 aromatic rings. The van der Waals surface area contributed by atoms with E-state index in [1.54, 1.807) is 0 Å². The number of hydrogen-bond donors (Lipinski definition) is 1. The van der Waals surface area contributed by atoms with E-state index in [0.717, 1.165) is 18.2 Å². The van der Waals surface area contributed by atoms with Crippen molar-refractivity contribution >= 4 is 16.9 Å². The summed E-state index contributed by atoms with van der Waals surface area (Å²) in [6.07, 6.45) is -3.46. The molecule has 0 unspecified atom stereocenters. The van der Waals surface area contributed by atoms with Gasteiger partial charge in [-0.05, 0) is 18.2 Å². The molecule has 0 radical (unpaired) electrons. The number of aliphatic carboxylic acids is 1. The van der Waals surface area contributed by atoms with Crippen molar-refractivity contribution in [3.63, 3.8) is 0 Å². The molecule has 106 valence electrons. The molecule has 1 aromatic heterocycles. The minimum atomic E-state index is -4.52. The van der Waals surface area contributed by atoms with E-state index in [1.165, 1.54) is 16.8 Å². The first-order valence-corrected chi connectivity index (χ1v) is 5.71. The van der Waals surface area contributed by atoms with Gasteiger partial charge in [0.2, 0.25) is 0 Å². The van der Waals surface area contributed by atoms with Gasteiger partial charge in [0.1, 0.15) is 0 Å². The van der Waals surface area contributed by atoms with Crippen LogP contribution in [0.1, 0.15) is 12.0 Å². The third kappa shape index (κ3) is 2.81. The largest absolute Gasteiger partial charge is 0.481 e. The summed E-state index contributed by atoms with van der Waals surface area (Å²) in [4.78, 5) is 22.2. The number of benzene rings is 1. The molecule has 20 heavy (non-hydrogen) atoms. The molecule has 0 aliphatic heterocycles. The fourth-order valence-electron chi connectivity index (χ4n) is 1.89. The van der Waals surface area contributed by atoms with Gasteiger partial charge >= 0.3 is 12.1 Å². The number of carboxylic acids is 1. The molecule has 1 aromatic carbocycles. The van der Waals surface area contributed by atoms with E-state index in [9.17, 15) is 22.8 Å². The molecule has 0 aliphatic rings. The number of nitrogens with zero attached hydrogens (tertiary/aromatic N) is 1. The van der Waals surface area contributed by atoms with Crippen LogP contribution in [0, 0.1) is 0 Å². The Hall–Kier alpha value is -2.31. The average Bonchev–Trinajstić information content (AvgIpc) is 2.36. The molecule has 7 heteroatoms. The Morgan fingerprint density at radius 1 is 1.25 bits per heavy atom. The van der Waals surface area contributed by atoms with Crippen LogP contribution in [-0.2, 0) is 17.5 Å². The maximum absolute atomic E-state index is 12.7. The Labute approximate surface area is 111 Å². The van der Waals surface area contributed by atoms with Crippen molar-refractivity contribution in [3.8, 4) is 0 Å². The molecule has 0 fully saturated rings. The molecule has 0 amide bonds.